The second-order valence-electron chi connectivity index (χ2n) is 7.26. The fourth-order valence-electron chi connectivity index (χ4n) is 3.37. The summed E-state index contributed by atoms with van der Waals surface area (Å²) < 4.78 is 10.9. The number of hydrogen-bond acceptors (Lipinski definition) is 4. The molecule has 2 aromatic carbocycles. The first kappa shape index (κ1) is 18.2. The third-order valence-electron chi connectivity index (χ3n) is 4.72. The second-order valence-corrected chi connectivity index (χ2v) is 7.26. The standard InChI is InChI=1S/C22H24O4/c1-21(2)25-19(23)22(20(24)26-21,16-18-12-7-4-8-13-18)15-9-14-17-10-5-3-6-11-17/h3-8,10-13H,9,14-16H2,1-2H3. The topological polar surface area (TPSA) is 52.6 Å². The van der Waals surface area contributed by atoms with Gasteiger partial charge in [-0.3, -0.25) is 9.59 Å². The number of hydrogen-bond donors (Lipinski definition) is 0. The van der Waals surface area contributed by atoms with Gasteiger partial charge in [0.15, 0.2) is 5.41 Å². The summed E-state index contributed by atoms with van der Waals surface area (Å²) in [7, 11) is 0. The Morgan fingerprint density at radius 3 is 1.81 bits per heavy atom. The predicted molar refractivity (Wildman–Crippen MR) is 98.2 cm³/mol. The van der Waals surface area contributed by atoms with E-state index in [1.807, 2.05) is 60.7 Å². The summed E-state index contributed by atoms with van der Waals surface area (Å²) in [6, 6.07) is 19.6. The molecule has 0 amide bonds. The molecule has 1 heterocycles. The van der Waals surface area contributed by atoms with E-state index in [9.17, 15) is 9.59 Å². The molecule has 0 aliphatic carbocycles. The lowest BCUT2D eigenvalue weighted by atomic mass is 9.76. The Bertz CT molecular complexity index is 745. The first-order chi connectivity index (χ1) is 12.4. The molecular formula is C22H24O4. The molecule has 4 heteroatoms. The summed E-state index contributed by atoms with van der Waals surface area (Å²) in [5.41, 5.74) is 0.812. The summed E-state index contributed by atoms with van der Waals surface area (Å²) >= 11 is 0. The van der Waals surface area contributed by atoms with E-state index < -0.39 is 23.1 Å². The first-order valence-corrected chi connectivity index (χ1v) is 8.96. The van der Waals surface area contributed by atoms with Crippen LogP contribution in [0.25, 0.3) is 0 Å². The SMILES string of the molecule is CC1(C)OC(=O)C(CCCc2ccccc2)(Cc2ccccc2)C(=O)O1. The molecule has 4 nitrogen and oxygen atoms in total. The Morgan fingerprint density at radius 1 is 0.769 bits per heavy atom. The van der Waals surface area contributed by atoms with Crippen LogP contribution in [0.2, 0.25) is 0 Å². The number of ether oxygens (including phenoxy) is 2. The molecule has 0 bridgehead atoms. The van der Waals surface area contributed by atoms with Gasteiger partial charge in [-0.05, 0) is 36.8 Å². The molecule has 0 radical (unpaired) electrons. The van der Waals surface area contributed by atoms with Crippen molar-refractivity contribution in [3.8, 4) is 0 Å². The van der Waals surface area contributed by atoms with Gasteiger partial charge in [0, 0.05) is 13.8 Å². The molecule has 0 unspecified atom stereocenters. The molecule has 0 N–H and O–H groups in total. The average Bonchev–Trinajstić information content (AvgIpc) is 2.60. The fourth-order valence-corrected chi connectivity index (χ4v) is 3.37. The van der Waals surface area contributed by atoms with Crippen LogP contribution >= 0.6 is 0 Å². The van der Waals surface area contributed by atoms with Crippen molar-refractivity contribution < 1.29 is 19.1 Å². The van der Waals surface area contributed by atoms with E-state index in [0.717, 1.165) is 12.0 Å². The minimum atomic E-state index is -1.29. The van der Waals surface area contributed by atoms with Gasteiger partial charge in [0.2, 0.25) is 0 Å². The van der Waals surface area contributed by atoms with E-state index in [1.165, 1.54) is 5.56 Å². The lowest BCUT2D eigenvalue weighted by Gasteiger charge is -2.40. The van der Waals surface area contributed by atoms with Gasteiger partial charge in [0.25, 0.3) is 5.79 Å². The number of esters is 2. The Balaban J connectivity index is 1.81. The second kappa shape index (κ2) is 7.32. The van der Waals surface area contributed by atoms with Crippen LogP contribution in [0.1, 0.15) is 37.8 Å². The Kier molecular flexibility index (Phi) is 5.12. The number of cyclic esters (lactones) is 2. The molecule has 3 rings (SSSR count). The molecule has 1 fully saturated rings. The zero-order valence-corrected chi connectivity index (χ0v) is 15.2. The number of carbonyl (C=O) groups is 2. The maximum atomic E-state index is 12.9. The van der Waals surface area contributed by atoms with Crippen molar-refractivity contribution in [1.82, 2.24) is 0 Å². The third kappa shape index (κ3) is 3.96. The minimum absolute atomic E-state index is 0.288. The Morgan fingerprint density at radius 2 is 1.27 bits per heavy atom. The Labute approximate surface area is 154 Å². The third-order valence-corrected chi connectivity index (χ3v) is 4.72. The maximum absolute atomic E-state index is 12.9. The number of aryl methyl sites for hydroxylation is 1. The van der Waals surface area contributed by atoms with Gasteiger partial charge in [-0.2, -0.15) is 0 Å². The quantitative estimate of drug-likeness (QED) is 0.581. The van der Waals surface area contributed by atoms with Crippen LogP contribution in [0.4, 0.5) is 0 Å². The summed E-state index contributed by atoms with van der Waals surface area (Å²) in [4.78, 5) is 25.7. The van der Waals surface area contributed by atoms with Crippen molar-refractivity contribution in [1.29, 1.82) is 0 Å². The molecule has 1 saturated heterocycles. The van der Waals surface area contributed by atoms with Crippen LogP contribution in [0.3, 0.4) is 0 Å². The number of benzene rings is 2. The molecule has 136 valence electrons. The molecule has 0 aromatic heterocycles. The normalized spacial score (nSPS) is 18.1. The van der Waals surface area contributed by atoms with Crippen LogP contribution in [0.15, 0.2) is 60.7 Å². The van der Waals surface area contributed by atoms with Crippen LogP contribution in [0.5, 0.6) is 0 Å². The summed E-state index contributed by atoms with van der Waals surface area (Å²) in [6.45, 7) is 3.17. The van der Waals surface area contributed by atoms with E-state index in [0.29, 0.717) is 12.8 Å². The van der Waals surface area contributed by atoms with Gasteiger partial charge in [-0.1, -0.05) is 60.7 Å². The summed E-state index contributed by atoms with van der Waals surface area (Å²) in [5, 5.41) is 0. The van der Waals surface area contributed by atoms with Crippen LogP contribution in [-0.2, 0) is 31.9 Å². The first-order valence-electron chi connectivity index (χ1n) is 8.96. The van der Waals surface area contributed by atoms with Crippen molar-refractivity contribution in [3.63, 3.8) is 0 Å². The summed E-state index contributed by atoms with van der Waals surface area (Å²) in [6.07, 6.45) is 2.17. The van der Waals surface area contributed by atoms with Crippen molar-refractivity contribution in [2.75, 3.05) is 0 Å². The van der Waals surface area contributed by atoms with Crippen LogP contribution in [-0.4, -0.2) is 17.7 Å². The molecule has 1 aliphatic heterocycles. The van der Waals surface area contributed by atoms with Crippen LogP contribution < -0.4 is 0 Å². The highest BCUT2D eigenvalue weighted by Crippen LogP contribution is 2.39. The van der Waals surface area contributed by atoms with Crippen molar-refractivity contribution in [2.45, 2.75) is 45.3 Å². The van der Waals surface area contributed by atoms with E-state index in [4.69, 9.17) is 9.47 Å². The predicted octanol–water partition coefficient (Wildman–Crippen LogP) is 4.07. The molecule has 2 aromatic rings. The lowest BCUT2D eigenvalue weighted by molar-refractivity contribution is -0.251. The van der Waals surface area contributed by atoms with E-state index in [-0.39, 0.29) is 6.42 Å². The molecular weight excluding hydrogens is 328 g/mol. The van der Waals surface area contributed by atoms with Gasteiger partial charge in [-0.25, -0.2) is 0 Å². The molecule has 1 aliphatic rings. The van der Waals surface area contributed by atoms with Crippen molar-refractivity contribution in [3.05, 3.63) is 71.8 Å². The Hall–Kier alpha value is -2.62. The van der Waals surface area contributed by atoms with Gasteiger partial charge in [-0.15, -0.1) is 0 Å². The lowest BCUT2D eigenvalue weighted by Crippen LogP contribution is -2.55. The van der Waals surface area contributed by atoms with Crippen molar-refractivity contribution in [2.24, 2.45) is 5.41 Å². The van der Waals surface area contributed by atoms with E-state index >= 15 is 0 Å². The van der Waals surface area contributed by atoms with Crippen LogP contribution in [0, 0.1) is 5.41 Å². The zero-order valence-electron chi connectivity index (χ0n) is 15.2. The van der Waals surface area contributed by atoms with Gasteiger partial charge >= 0.3 is 11.9 Å². The van der Waals surface area contributed by atoms with Crippen molar-refractivity contribution >= 4 is 11.9 Å². The van der Waals surface area contributed by atoms with Gasteiger partial charge in [0.1, 0.15) is 0 Å². The smallest absolute Gasteiger partial charge is 0.327 e. The molecule has 0 saturated carbocycles. The average molecular weight is 352 g/mol. The monoisotopic (exact) mass is 352 g/mol. The highest BCUT2D eigenvalue weighted by atomic mass is 16.7. The summed E-state index contributed by atoms with van der Waals surface area (Å²) in [5.74, 6) is -2.19. The largest absolute Gasteiger partial charge is 0.422 e. The van der Waals surface area contributed by atoms with E-state index in [2.05, 4.69) is 0 Å². The zero-order chi connectivity index (χ0) is 18.6. The molecule has 0 atom stereocenters. The number of carbonyl (C=O) groups excluding carboxylic acids is 2. The van der Waals surface area contributed by atoms with Gasteiger partial charge in [0.05, 0.1) is 0 Å². The maximum Gasteiger partial charge on any atom is 0.327 e. The fraction of sp³-hybridized carbons (Fsp3) is 0.364. The minimum Gasteiger partial charge on any atom is -0.422 e. The van der Waals surface area contributed by atoms with E-state index in [1.54, 1.807) is 13.8 Å². The highest BCUT2D eigenvalue weighted by Gasteiger charge is 2.55. The highest BCUT2D eigenvalue weighted by molar-refractivity contribution is 6.02. The molecule has 0 spiro atoms. The van der Waals surface area contributed by atoms with Gasteiger partial charge < -0.3 is 9.47 Å². The number of rotatable bonds is 6. The molecule has 26 heavy (non-hydrogen) atoms.